The van der Waals surface area contributed by atoms with E-state index in [4.69, 9.17) is 10.5 Å². The predicted molar refractivity (Wildman–Crippen MR) is 78.9 cm³/mol. The normalized spacial score (nSPS) is 15.3. The molecule has 0 aromatic heterocycles. The number of carbonyl (C=O) groups is 1. The Morgan fingerprint density at radius 1 is 1.45 bits per heavy atom. The Labute approximate surface area is 119 Å². The second-order valence-electron chi connectivity index (χ2n) is 5.09. The zero-order valence-electron chi connectivity index (χ0n) is 11.8. The summed E-state index contributed by atoms with van der Waals surface area (Å²) >= 11 is 0. The minimum absolute atomic E-state index is 0.0332. The molecule has 2 rings (SSSR count). The van der Waals surface area contributed by atoms with Gasteiger partial charge < -0.3 is 20.5 Å². The molecule has 5 heteroatoms. The van der Waals surface area contributed by atoms with Crippen molar-refractivity contribution in [2.75, 3.05) is 30.9 Å². The molecule has 1 saturated carbocycles. The van der Waals surface area contributed by atoms with Gasteiger partial charge in [-0.1, -0.05) is 18.9 Å². The molecule has 0 saturated heterocycles. The third-order valence-corrected chi connectivity index (χ3v) is 3.87. The van der Waals surface area contributed by atoms with Crippen molar-refractivity contribution in [1.29, 1.82) is 0 Å². The fourth-order valence-electron chi connectivity index (χ4n) is 2.96. The smallest absolute Gasteiger partial charge is 0.340 e. The Balaban J connectivity index is 2.43. The Morgan fingerprint density at radius 2 is 2.15 bits per heavy atom. The molecule has 0 amide bonds. The number of nitrogens with two attached hydrogens (primary N) is 1. The van der Waals surface area contributed by atoms with Gasteiger partial charge in [-0.15, -0.1) is 0 Å². The highest BCUT2D eigenvalue weighted by Gasteiger charge is 2.27. The highest BCUT2D eigenvalue weighted by molar-refractivity contribution is 5.99. The quantitative estimate of drug-likeness (QED) is 0.634. The van der Waals surface area contributed by atoms with Crippen molar-refractivity contribution in [3.8, 4) is 0 Å². The molecule has 0 heterocycles. The van der Waals surface area contributed by atoms with Gasteiger partial charge in [0.25, 0.3) is 0 Å². The Bertz CT molecular complexity index is 470. The van der Waals surface area contributed by atoms with E-state index in [0.717, 1.165) is 12.8 Å². The van der Waals surface area contributed by atoms with Gasteiger partial charge in [0, 0.05) is 12.6 Å². The average Bonchev–Trinajstić information content (AvgIpc) is 2.98. The van der Waals surface area contributed by atoms with Gasteiger partial charge in [0.2, 0.25) is 0 Å². The van der Waals surface area contributed by atoms with Crippen molar-refractivity contribution in [3.63, 3.8) is 0 Å². The van der Waals surface area contributed by atoms with Crippen LogP contribution in [-0.2, 0) is 4.74 Å². The predicted octanol–water partition coefficient (Wildman–Crippen LogP) is 1.80. The highest BCUT2D eigenvalue weighted by atomic mass is 16.5. The molecular formula is C15H22N2O3. The first-order valence-electron chi connectivity index (χ1n) is 7.03. The largest absolute Gasteiger partial charge is 0.465 e. The number of ether oxygens (including phenoxy) is 1. The second kappa shape index (κ2) is 6.61. The second-order valence-corrected chi connectivity index (χ2v) is 5.09. The van der Waals surface area contributed by atoms with Gasteiger partial charge in [0.1, 0.15) is 0 Å². The summed E-state index contributed by atoms with van der Waals surface area (Å²) in [4.78, 5) is 14.0. The standard InChI is InChI=1S/C15H22N2O3/c1-20-15(19)12-7-4-8-13(16)14(12)17(9-10-18)11-5-2-3-6-11/h4,7-8,11,18H,2-3,5-6,9-10,16H2,1H3. The van der Waals surface area contributed by atoms with Crippen molar-refractivity contribution in [2.24, 2.45) is 0 Å². The van der Waals surface area contributed by atoms with Crippen LogP contribution in [0.2, 0.25) is 0 Å². The Kier molecular flexibility index (Phi) is 4.84. The van der Waals surface area contributed by atoms with E-state index in [1.54, 1.807) is 18.2 Å². The van der Waals surface area contributed by atoms with Crippen molar-refractivity contribution in [1.82, 2.24) is 0 Å². The van der Waals surface area contributed by atoms with Crippen molar-refractivity contribution in [3.05, 3.63) is 23.8 Å². The Morgan fingerprint density at radius 3 is 2.75 bits per heavy atom. The molecule has 0 radical (unpaired) electrons. The molecule has 20 heavy (non-hydrogen) atoms. The van der Waals surface area contributed by atoms with Crippen LogP contribution >= 0.6 is 0 Å². The summed E-state index contributed by atoms with van der Waals surface area (Å²) in [6, 6.07) is 5.57. The lowest BCUT2D eigenvalue weighted by Crippen LogP contribution is -2.37. The number of benzene rings is 1. The molecule has 0 aliphatic heterocycles. The molecule has 0 unspecified atom stereocenters. The molecule has 1 aromatic carbocycles. The summed E-state index contributed by atoms with van der Waals surface area (Å²) in [5.41, 5.74) is 7.79. The number of esters is 1. The number of methoxy groups -OCH3 is 1. The molecule has 0 atom stereocenters. The molecular weight excluding hydrogens is 256 g/mol. The molecule has 0 spiro atoms. The molecule has 110 valence electrons. The molecule has 1 aliphatic carbocycles. The van der Waals surface area contributed by atoms with Crippen LogP contribution < -0.4 is 10.6 Å². The van der Waals surface area contributed by atoms with E-state index in [1.807, 2.05) is 0 Å². The van der Waals surface area contributed by atoms with Crippen LogP contribution in [0.3, 0.4) is 0 Å². The summed E-state index contributed by atoms with van der Waals surface area (Å²) in [5.74, 6) is -0.395. The van der Waals surface area contributed by atoms with Crippen LogP contribution in [0.5, 0.6) is 0 Å². The molecule has 0 bridgehead atoms. The number of nitrogens with zero attached hydrogens (tertiary/aromatic N) is 1. The fourth-order valence-corrected chi connectivity index (χ4v) is 2.96. The number of aliphatic hydroxyl groups excluding tert-OH is 1. The van der Waals surface area contributed by atoms with E-state index < -0.39 is 5.97 Å². The number of anilines is 2. The third kappa shape index (κ3) is 2.88. The van der Waals surface area contributed by atoms with Gasteiger partial charge in [0.05, 0.1) is 30.7 Å². The van der Waals surface area contributed by atoms with E-state index >= 15 is 0 Å². The number of nitrogen functional groups attached to an aromatic ring is 1. The number of rotatable bonds is 5. The van der Waals surface area contributed by atoms with Crippen molar-refractivity contribution in [2.45, 2.75) is 31.7 Å². The van der Waals surface area contributed by atoms with Crippen LogP contribution in [0.15, 0.2) is 18.2 Å². The van der Waals surface area contributed by atoms with Crippen LogP contribution in [0.4, 0.5) is 11.4 Å². The maximum Gasteiger partial charge on any atom is 0.340 e. The summed E-state index contributed by atoms with van der Waals surface area (Å²) in [7, 11) is 1.36. The molecule has 1 aliphatic rings. The van der Waals surface area contributed by atoms with Crippen LogP contribution in [-0.4, -0.2) is 37.4 Å². The van der Waals surface area contributed by atoms with Gasteiger partial charge in [-0.25, -0.2) is 4.79 Å². The molecule has 5 nitrogen and oxygen atoms in total. The summed E-state index contributed by atoms with van der Waals surface area (Å²) < 4.78 is 4.84. The fraction of sp³-hybridized carbons (Fsp3) is 0.533. The summed E-state index contributed by atoms with van der Waals surface area (Å²) in [6.07, 6.45) is 4.48. The van der Waals surface area contributed by atoms with Crippen molar-refractivity contribution < 1.29 is 14.6 Å². The first-order chi connectivity index (χ1) is 9.69. The van der Waals surface area contributed by atoms with E-state index in [1.165, 1.54) is 20.0 Å². The van der Waals surface area contributed by atoms with Gasteiger partial charge in [0.15, 0.2) is 0 Å². The lowest BCUT2D eigenvalue weighted by Gasteiger charge is -2.32. The molecule has 1 aromatic rings. The van der Waals surface area contributed by atoms with Gasteiger partial charge in [-0.2, -0.15) is 0 Å². The highest BCUT2D eigenvalue weighted by Crippen LogP contribution is 2.34. The summed E-state index contributed by atoms with van der Waals surface area (Å²) in [6.45, 7) is 0.508. The summed E-state index contributed by atoms with van der Waals surface area (Å²) in [5, 5.41) is 9.34. The topological polar surface area (TPSA) is 75.8 Å². The van der Waals surface area contributed by atoms with E-state index in [2.05, 4.69) is 4.90 Å². The zero-order valence-corrected chi connectivity index (χ0v) is 11.8. The minimum atomic E-state index is -0.395. The zero-order chi connectivity index (χ0) is 14.5. The van der Waals surface area contributed by atoms with Crippen LogP contribution in [0.1, 0.15) is 36.0 Å². The maximum absolute atomic E-state index is 11.9. The number of hydrogen-bond acceptors (Lipinski definition) is 5. The number of para-hydroxylation sites is 1. The van der Waals surface area contributed by atoms with Gasteiger partial charge >= 0.3 is 5.97 Å². The first-order valence-corrected chi connectivity index (χ1v) is 7.03. The average molecular weight is 278 g/mol. The molecule has 1 fully saturated rings. The van der Waals surface area contributed by atoms with Gasteiger partial charge in [-0.05, 0) is 25.0 Å². The minimum Gasteiger partial charge on any atom is -0.465 e. The van der Waals surface area contributed by atoms with E-state index in [-0.39, 0.29) is 6.61 Å². The van der Waals surface area contributed by atoms with Crippen molar-refractivity contribution >= 4 is 17.3 Å². The maximum atomic E-state index is 11.9. The Hall–Kier alpha value is -1.75. The monoisotopic (exact) mass is 278 g/mol. The van der Waals surface area contributed by atoms with Gasteiger partial charge in [-0.3, -0.25) is 0 Å². The first kappa shape index (κ1) is 14.7. The van der Waals surface area contributed by atoms with Crippen LogP contribution in [0.25, 0.3) is 0 Å². The van der Waals surface area contributed by atoms with E-state index in [9.17, 15) is 9.90 Å². The third-order valence-electron chi connectivity index (χ3n) is 3.87. The SMILES string of the molecule is COC(=O)c1cccc(N)c1N(CCO)C1CCCC1. The number of carbonyl (C=O) groups excluding carboxylic acids is 1. The lowest BCUT2D eigenvalue weighted by molar-refractivity contribution is 0.0601. The lowest BCUT2D eigenvalue weighted by atomic mass is 10.1. The molecule has 3 N–H and O–H groups in total. The van der Waals surface area contributed by atoms with Crippen LogP contribution in [0, 0.1) is 0 Å². The number of aliphatic hydroxyl groups is 1. The van der Waals surface area contributed by atoms with E-state index in [0.29, 0.717) is 29.5 Å². The number of hydrogen-bond donors (Lipinski definition) is 2.